The van der Waals surface area contributed by atoms with Gasteiger partial charge in [0.1, 0.15) is 11.0 Å². The molecule has 1 aliphatic rings. The standard InChI is InChI=1S/C16H16ClFN2O4S2/c17-11-25(21,22)19-14-6-3-12-2-1-9-20(16(12)10-14)26(23,24)15-7-4-13(18)5-8-15/h3-8,10,19H,1-2,9,11H2. The van der Waals surface area contributed by atoms with Crippen LogP contribution in [0.5, 0.6) is 0 Å². The summed E-state index contributed by atoms with van der Waals surface area (Å²) < 4.78 is 65.9. The van der Waals surface area contributed by atoms with Crippen molar-refractivity contribution in [1.82, 2.24) is 0 Å². The van der Waals surface area contributed by atoms with E-state index < -0.39 is 31.1 Å². The average Bonchev–Trinajstić information content (AvgIpc) is 2.61. The molecule has 10 heteroatoms. The summed E-state index contributed by atoms with van der Waals surface area (Å²) >= 11 is 5.39. The van der Waals surface area contributed by atoms with Gasteiger partial charge in [0.15, 0.2) is 0 Å². The monoisotopic (exact) mass is 418 g/mol. The Hall–Kier alpha value is -1.84. The zero-order valence-electron chi connectivity index (χ0n) is 13.5. The quantitative estimate of drug-likeness (QED) is 0.757. The Kier molecular flexibility index (Phi) is 5.14. The van der Waals surface area contributed by atoms with Crippen molar-refractivity contribution < 1.29 is 21.2 Å². The van der Waals surface area contributed by atoms with Gasteiger partial charge in [0.25, 0.3) is 10.0 Å². The molecule has 6 nitrogen and oxygen atoms in total. The molecule has 0 saturated heterocycles. The number of anilines is 2. The predicted molar refractivity (Wildman–Crippen MR) is 99.0 cm³/mol. The first-order valence-corrected chi connectivity index (χ1v) is 11.3. The highest BCUT2D eigenvalue weighted by Crippen LogP contribution is 2.34. The van der Waals surface area contributed by atoms with Gasteiger partial charge in [0.05, 0.1) is 16.3 Å². The SMILES string of the molecule is O=S(=O)(CCl)Nc1ccc2c(c1)N(S(=O)(=O)c1ccc(F)cc1)CCC2. The van der Waals surface area contributed by atoms with Crippen LogP contribution in [0.25, 0.3) is 0 Å². The van der Waals surface area contributed by atoms with Crippen LogP contribution in [0, 0.1) is 5.82 Å². The Morgan fingerprint density at radius 3 is 2.42 bits per heavy atom. The molecule has 2 aromatic rings. The van der Waals surface area contributed by atoms with Crippen LogP contribution in [0.3, 0.4) is 0 Å². The second-order valence-corrected chi connectivity index (χ2v) is 9.97. The van der Waals surface area contributed by atoms with Crippen molar-refractivity contribution in [3.63, 3.8) is 0 Å². The van der Waals surface area contributed by atoms with Crippen molar-refractivity contribution in [3.8, 4) is 0 Å². The molecule has 0 unspecified atom stereocenters. The van der Waals surface area contributed by atoms with Gasteiger partial charge in [-0.1, -0.05) is 6.07 Å². The average molecular weight is 419 g/mol. The number of fused-ring (bicyclic) bond motifs is 1. The fourth-order valence-electron chi connectivity index (χ4n) is 2.79. The van der Waals surface area contributed by atoms with Gasteiger partial charge < -0.3 is 0 Å². The van der Waals surface area contributed by atoms with Crippen LogP contribution < -0.4 is 9.03 Å². The molecule has 3 rings (SSSR count). The minimum atomic E-state index is -3.89. The van der Waals surface area contributed by atoms with Crippen LogP contribution in [0.1, 0.15) is 12.0 Å². The van der Waals surface area contributed by atoms with Crippen LogP contribution in [0.15, 0.2) is 47.4 Å². The molecular weight excluding hydrogens is 403 g/mol. The molecule has 1 aliphatic heterocycles. The van der Waals surface area contributed by atoms with Gasteiger partial charge in [-0.25, -0.2) is 21.2 Å². The molecule has 0 spiro atoms. The summed E-state index contributed by atoms with van der Waals surface area (Å²) in [6.07, 6.45) is 1.30. The third-order valence-corrected chi connectivity index (χ3v) is 7.50. The van der Waals surface area contributed by atoms with Crippen molar-refractivity contribution in [1.29, 1.82) is 0 Å². The second-order valence-electron chi connectivity index (χ2n) is 5.80. The van der Waals surface area contributed by atoms with Crippen molar-refractivity contribution in [2.75, 3.05) is 20.8 Å². The lowest BCUT2D eigenvalue weighted by atomic mass is 10.0. The van der Waals surface area contributed by atoms with Crippen LogP contribution >= 0.6 is 11.6 Å². The van der Waals surface area contributed by atoms with E-state index >= 15 is 0 Å². The first-order chi connectivity index (χ1) is 12.2. The summed E-state index contributed by atoms with van der Waals surface area (Å²) in [7, 11) is -7.60. The molecule has 0 fully saturated rings. The summed E-state index contributed by atoms with van der Waals surface area (Å²) in [5.41, 5.74) is 1.41. The Morgan fingerprint density at radius 1 is 1.08 bits per heavy atom. The summed E-state index contributed by atoms with van der Waals surface area (Å²) in [4.78, 5) is -0.0292. The molecule has 140 valence electrons. The van der Waals surface area contributed by atoms with Crippen LogP contribution in [0.2, 0.25) is 0 Å². The molecule has 2 aromatic carbocycles. The first kappa shape index (κ1) is 18.9. The summed E-state index contributed by atoms with van der Waals surface area (Å²) in [5, 5.41) is -0.609. The third-order valence-electron chi connectivity index (χ3n) is 3.98. The minimum absolute atomic E-state index is 0.0292. The predicted octanol–water partition coefficient (Wildman–Crippen LogP) is 2.91. The maximum Gasteiger partial charge on any atom is 0.264 e. The first-order valence-electron chi connectivity index (χ1n) is 7.71. The minimum Gasteiger partial charge on any atom is -0.282 e. The van der Waals surface area contributed by atoms with Gasteiger partial charge in [0.2, 0.25) is 10.0 Å². The third kappa shape index (κ3) is 3.79. The zero-order chi connectivity index (χ0) is 18.9. The van der Waals surface area contributed by atoms with Crippen molar-refractivity contribution in [2.45, 2.75) is 17.7 Å². The van der Waals surface area contributed by atoms with Gasteiger partial charge in [0, 0.05) is 6.54 Å². The number of nitrogens with one attached hydrogen (secondary N) is 1. The number of hydrogen-bond acceptors (Lipinski definition) is 4. The number of sulfonamides is 2. The van der Waals surface area contributed by atoms with Crippen molar-refractivity contribution in [3.05, 3.63) is 53.8 Å². The number of halogens is 2. The fraction of sp³-hybridized carbons (Fsp3) is 0.250. The number of alkyl halides is 1. The highest BCUT2D eigenvalue weighted by molar-refractivity contribution is 7.93. The lowest BCUT2D eigenvalue weighted by Gasteiger charge is -2.31. The van der Waals surface area contributed by atoms with E-state index in [1.165, 1.54) is 22.5 Å². The Labute approximate surface area is 156 Å². The van der Waals surface area contributed by atoms with Gasteiger partial charge in [-0.05, 0) is 54.8 Å². The largest absolute Gasteiger partial charge is 0.282 e. The molecule has 1 heterocycles. The molecule has 0 saturated carbocycles. The molecular formula is C16H16ClFN2O4S2. The number of aryl methyl sites for hydroxylation is 1. The molecule has 0 aliphatic carbocycles. The zero-order valence-corrected chi connectivity index (χ0v) is 15.9. The van der Waals surface area contributed by atoms with E-state index in [1.807, 2.05) is 0 Å². The van der Waals surface area contributed by atoms with Crippen LogP contribution in [-0.2, 0) is 26.5 Å². The Morgan fingerprint density at radius 2 is 1.77 bits per heavy atom. The maximum atomic E-state index is 13.1. The van der Waals surface area contributed by atoms with Gasteiger partial charge in [-0.15, -0.1) is 11.6 Å². The van der Waals surface area contributed by atoms with Crippen molar-refractivity contribution in [2.24, 2.45) is 0 Å². The number of hydrogen-bond donors (Lipinski definition) is 1. The van der Waals surface area contributed by atoms with Gasteiger partial charge >= 0.3 is 0 Å². The van der Waals surface area contributed by atoms with E-state index in [9.17, 15) is 21.2 Å². The van der Waals surface area contributed by atoms with Crippen molar-refractivity contribution >= 4 is 43.0 Å². The molecule has 0 bridgehead atoms. The normalized spacial score (nSPS) is 14.8. The second kappa shape index (κ2) is 7.05. The van der Waals surface area contributed by atoms with Crippen LogP contribution in [-0.4, -0.2) is 28.6 Å². The Balaban J connectivity index is 2.03. The number of nitrogens with zero attached hydrogens (tertiary/aromatic N) is 1. The van der Waals surface area contributed by atoms with Gasteiger partial charge in [-0.2, -0.15) is 0 Å². The lowest BCUT2D eigenvalue weighted by molar-refractivity contribution is 0.585. The number of rotatable bonds is 5. The topological polar surface area (TPSA) is 83.6 Å². The maximum absolute atomic E-state index is 13.1. The molecule has 0 aromatic heterocycles. The smallest absolute Gasteiger partial charge is 0.264 e. The molecule has 26 heavy (non-hydrogen) atoms. The highest BCUT2D eigenvalue weighted by Gasteiger charge is 2.29. The van der Waals surface area contributed by atoms with E-state index in [0.717, 1.165) is 17.7 Å². The van der Waals surface area contributed by atoms with E-state index in [4.69, 9.17) is 11.6 Å². The molecule has 0 radical (unpaired) electrons. The summed E-state index contributed by atoms with van der Waals surface area (Å²) in [5.74, 6) is -0.527. The summed E-state index contributed by atoms with van der Waals surface area (Å²) in [6, 6.07) is 9.31. The molecule has 0 amide bonds. The number of benzene rings is 2. The molecule has 1 N–H and O–H groups in total. The highest BCUT2D eigenvalue weighted by atomic mass is 35.5. The van der Waals surface area contributed by atoms with Crippen LogP contribution in [0.4, 0.5) is 15.8 Å². The van der Waals surface area contributed by atoms with Gasteiger partial charge in [-0.3, -0.25) is 9.03 Å². The van der Waals surface area contributed by atoms with E-state index in [-0.39, 0.29) is 17.1 Å². The fourth-order valence-corrected chi connectivity index (χ4v) is 5.03. The Bertz CT molecular complexity index is 1020. The van der Waals surface area contributed by atoms with E-state index in [1.54, 1.807) is 12.1 Å². The summed E-state index contributed by atoms with van der Waals surface area (Å²) in [6.45, 7) is 0.248. The molecule has 0 atom stereocenters. The lowest BCUT2D eigenvalue weighted by Crippen LogP contribution is -2.35. The van der Waals surface area contributed by atoms with E-state index in [0.29, 0.717) is 18.5 Å². The van der Waals surface area contributed by atoms with E-state index in [2.05, 4.69) is 4.72 Å².